The molecule has 0 aromatic carbocycles. The van der Waals surface area contributed by atoms with Gasteiger partial charge >= 0.3 is 7.32 Å². The number of nitrogens with two attached hydrogens (primary N) is 1. The van der Waals surface area contributed by atoms with Gasteiger partial charge in [0.25, 0.3) is 0 Å². The van der Waals surface area contributed by atoms with Gasteiger partial charge in [-0.3, -0.25) is 0 Å². The molecule has 4 N–H and O–H groups in total. The van der Waals surface area contributed by atoms with Crippen LogP contribution in [0.25, 0.3) is 0 Å². The monoisotopic (exact) mass is 302 g/mol. The van der Waals surface area contributed by atoms with Crippen molar-refractivity contribution >= 4 is 23.3 Å². The van der Waals surface area contributed by atoms with Crippen molar-refractivity contribution in [1.29, 1.82) is 0 Å². The normalized spacial score (nSPS) is 17.1. The van der Waals surface area contributed by atoms with Gasteiger partial charge in [0, 0.05) is 13.1 Å². The Hall–Kier alpha value is -1.43. The van der Waals surface area contributed by atoms with E-state index in [0.29, 0.717) is 31.9 Å². The van der Waals surface area contributed by atoms with E-state index in [2.05, 4.69) is 14.6 Å². The van der Waals surface area contributed by atoms with Gasteiger partial charge in [-0.25, -0.2) is 23.5 Å². The van der Waals surface area contributed by atoms with Crippen molar-refractivity contribution in [3.63, 3.8) is 0 Å². The molecule has 0 saturated carbocycles. The third-order valence-corrected chi connectivity index (χ3v) is 4.45. The van der Waals surface area contributed by atoms with Crippen molar-refractivity contribution in [3.05, 3.63) is 12.4 Å². The predicted octanol–water partition coefficient (Wildman–Crippen LogP) is -1.92. The second-order valence-electron chi connectivity index (χ2n) is 4.44. The topological polar surface area (TPSA) is 139 Å². The van der Waals surface area contributed by atoms with Gasteiger partial charge < -0.3 is 19.6 Å². The minimum absolute atomic E-state index is 0.128. The molecular weight excluding hydrogens is 287 g/mol. The lowest BCUT2D eigenvalue weighted by molar-refractivity contribution is 0.287. The highest BCUT2D eigenvalue weighted by atomic mass is 32.2. The summed E-state index contributed by atoms with van der Waals surface area (Å²) in [4.78, 5) is 9.89. The summed E-state index contributed by atoms with van der Waals surface area (Å²) < 4.78 is 27.1. The van der Waals surface area contributed by atoms with Crippen molar-refractivity contribution in [1.82, 2.24) is 9.97 Å². The van der Waals surface area contributed by atoms with E-state index in [-0.39, 0.29) is 5.75 Å². The summed E-state index contributed by atoms with van der Waals surface area (Å²) in [7, 11) is -5.42. The Labute approximate surface area is 116 Å². The first-order valence-corrected chi connectivity index (χ1v) is 7.58. The molecular formula is C9H15BN4O5S. The Bertz CT molecular complexity index is 544. The van der Waals surface area contributed by atoms with Gasteiger partial charge in [-0.2, -0.15) is 0 Å². The maximum absolute atomic E-state index is 11.2. The SMILES string of the molecule is NS(=O)(=O)C1CCN(c2ncc(OB(O)O)cn2)CC1. The molecule has 1 fully saturated rings. The average Bonchev–Trinajstić information content (AvgIpc) is 2.38. The number of aromatic nitrogens is 2. The van der Waals surface area contributed by atoms with Gasteiger partial charge in [-0.05, 0) is 12.8 Å². The summed E-state index contributed by atoms with van der Waals surface area (Å²) in [5.41, 5.74) is 0. The number of piperidine rings is 1. The van der Waals surface area contributed by atoms with Crippen LogP contribution in [-0.4, -0.2) is 54.1 Å². The number of nitrogens with zero attached hydrogens (tertiary/aromatic N) is 3. The second-order valence-corrected chi connectivity index (χ2v) is 6.28. The molecule has 0 radical (unpaired) electrons. The van der Waals surface area contributed by atoms with Gasteiger partial charge in [0.2, 0.25) is 16.0 Å². The molecule has 1 aromatic heterocycles. The maximum Gasteiger partial charge on any atom is 0.707 e. The van der Waals surface area contributed by atoms with Crippen LogP contribution in [0.15, 0.2) is 12.4 Å². The lowest BCUT2D eigenvalue weighted by Gasteiger charge is -2.30. The third-order valence-electron chi connectivity index (χ3n) is 3.05. The average molecular weight is 302 g/mol. The highest BCUT2D eigenvalue weighted by Gasteiger charge is 2.28. The van der Waals surface area contributed by atoms with Crippen molar-refractivity contribution in [2.24, 2.45) is 5.14 Å². The van der Waals surface area contributed by atoms with E-state index in [9.17, 15) is 8.42 Å². The number of hydrogen-bond donors (Lipinski definition) is 3. The molecule has 2 rings (SSSR count). The van der Waals surface area contributed by atoms with Crippen LogP contribution < -0.4 is 14.7 Å². The number of rotatable bonds is 4. The van der Waals surface area contributed by atoms with Crippen molar-refractivity contribution < 1.29 is 23.1 Å². The first-order chi connectivity index (χ1) is 9.36. The van der Waals surface area contributed by atoms with Crippen LogP contribution in [0.4, 0.5) is 5.95 Å². The molecule has 0 atom stereocenters. The molecule has 0 aliphatic carbocycles. The van der Waals surface area contributed by atoms with E-state index in [1.807, 2.05) is 4.90 Å². The quantitative estimate of drug-likeness (QED) is 0.547. The largest absolute Gasteiger partial charge is 0.707 e. The van der Waals surface area contributed by atoms with E-state index in [4.69, 9.17) is 15.2 Å². The molecule has 1 aromatic rings. The Kier molecular flexibility index (Phi) is 4.43. The van der Waals surface area contributed by atoms with Crippen LogP contribution in [0.2, 0.25) is 0 Å². The zero-order valence-electron chi connectivity index (χ0n) is 10.6. The van der Waals surface area contributed by atoms with Crippen molar-refractivity contribution in [3.8, 4) is 5.75 Å². The van der Waals surface area contributed by atoms with E-state index in [0.717, 1.165) is 0 Å². The van der Waals surface area contributed by atoms with E-state index >= 15 is 0 Å². The molecule has 1 aliphatic heterocycles. The maximum atomic E-state index is 11.2. The lowest BCUT2D eigenvalue weighted by Crippen LogP contribution is -2.42. The summed E-state index contributed by atoms with van der Waals surface area (Å²) in [5.74, 6) is 0.556. The van der Waals surface area contributed by atoms with Crippen molar-refractivity contribution in [2.45, 2.75) is 18.1 Å². The van der Waals surface area contributed by atoms with Gasteiger partial charge in [-0.15, -0.1) is 0 Å². The fourth-order valence-electron chi connectivity index (χ4n) is 2.04. The molecule has 20 heavy (non-hydrogen) atoms. The van der Waals surface area contributed by atoms with Crippen LogP contribution in [-0.2, 0) is 10.0 Å². The number of sulfonamides is 1. The van der Waals surface area contributed by atoms with E-state index in [1.54, 1.807) is 0 Å². The predicted molar refractivity (Wildman–Crippen MR) is 71.2 cm³/mol. The van der Waals surface area contributed by atoms with Crippen LogP contribution in [0.1, 0.15) is 12.8 Å². The summed E-state index contributed by atoms with van der Waals surface area (Å²) >= 11 is 0. The van der Waals surface area contributed by atoms with Crippen LogP contribution in [0.5, 0.6) is 5.75 Å². The highest BCUT2D eigenvalue weighted by Crippen LogP contribution is 2.20. The molecule has 9 nitrogen and oxygen atoms in total. The minimum atomic E-state index is -3.49. The van der Waals surface area contributed by atoms with Crippen LogP contribution in [0, 0.1) is 0 Å². The molecule has 0 bridgehead atoms. The Morgan fingerprint density at radius 2 is 1.85 bits per heavy atom. The number of primary sulfonamides is 1. The second kappa shape index (κ2) is 5.91. The van der Waals surface area contributed by atoms with Gasteiger partial charge in [0.15, 0.2) is 0 Å². The summed E-state index contributed by atoms with van der Waals surface area (Å²) in [6.45, 7) is 0.980. The molecule has 11 heteroatoms. The molecule has 110 valence electrons. The zero-order chi connectivity index (χ0) is 14.8. The lowest BCUT2D eigenvalue weighted by atomic mass is 10.1. The van der Waals surface area contributed by atoms with Gasteiger partial charge in [-0.1, -0.05) is 0 Å². The van der Waals surface area contributed by atoms with E-state index in [1.165, 1.54) is 12.4 Å². The fourth-order valence-corrected chi connectivity index (χ4v) is 2.91. The number of hydrogen-bond acceptors (Lipinski definition) is 8. The highest BCUT2D eigenvalue weighted by molar-refractivity contribution is 7.89. The molecule has 1 saturated heterocycles. The zero-order valence-corrected chi connectivity index (χ0v) is 11.4. The summed E-state index contributed by atoms with van der Waals surface area (Å²) in [6, 6.07) is 0. The smallest absolute Gasteiger partial charge is 0.509 e. The van der Waals surface area contributed by atoms with Crippen molar-refractivity contribution in [2.75, 3.05) is 18.0 Å². The van der Waals surface area contributed by atoms with Gasteiger partial charge in [0.1, 0.15) is 5.75 Å². The Morgan fingerprint density at radius 3 is 2.30 bits per heavy atom. The van der Waals surface area contributed by atoms with Gasteiger partial charge in [0.05, 0.1) is 17.6 Å². The number of anilines is 1. The molecule has 2 heterocycles. The molecule has 0 spiro atoms. The molecule has 0 amide bonds. The minimum Gasteiger partial charge on any atom is -0.509 e. The molecule has 1 aliphatic rings. The summed E-state index contributed by atoms with van der Waals surface area (Å²) in [5, 5.41) is 21.9. The van der Waals surface area contributed by atoms with Crippen LogP contribution in [0.3, 0.4) is 0 Å². The molecule has 0 unspecified atom stereocenters. The standard InChI is InChI=1S/C9H15BN4O5S/c11-20(17,18)8-1-3-14(4-2-8)9-12-5-7(6-13-9)19-10(15)16/h5-6,8,15-16H,1-4H2,(H2,11,17,18). The Morgan fingerprint density at radius 1 is 1.30 bits per heavy atom. The van der Waals surface area contributed by atoms with E-state index < -0.39 is 22.6 Å². The summed E-state index contributed by atoms with van der Waals surface area (Å²) in [6.07, 6.45) is 3.48. The third kappa shape index (κ3) is 3.79. The first-order valence-electron chi connectivity index (χ1n) is 5.97. The fraction of sp³-hybridized carbons (Fsp3) is 0.556. The van der Waals surface area contributed by atoms with Crippen LogP contribution >= 0.6 is 0 Å². The Balaban J connectivity index is 1.97. The first kappa shape index (κ1) is 15.0.